The Kier molecular flexibility index (Phi) is 6.96. The summed E-state index contributed by atoms with van der Waals surface area (Å²) in [7, 11) is 0.618. The number of aliphatic imine (C=N–C) groups is 1. The zero-order valence-electron chi connectivity index (χ0n) is 12.3. The fraction of sp³-hybridized carbons (Fsp3) is 0.857. The molecule has 2 atom stereocenters. The van der Waals surface area contributed by atoms with E-state index in [4.69, 9.17) is 0 Å². The number of nitrogens with zero attached hydrogens (tertiary/aromatic N) is 1. The van der Waals surface area contributed by atoms with Crippen molar-refractivity contribution in [3.63, 3.8) is 0 Å². The van der Waals surface area contributed by atoms with Crippen LogP contribution in [0.15, 0.2) is 4.99 Å². The number of carbonyl (C=O) groups is 1. The van der Waals surface area contributed by atoms with Gasteiger partial charge in [-0.25, -0.2) is 0 Å². The van der Waals surface area contributed by atoms with Crippen LogP contribution in [0.25, 0.3) is 0 Å². The molecule has 1 N–H and O–H groups in total. The normalized spacial score (nSPS) is 20.2. The van der Waals surface area contributed by atoms with Gasteiger partial charge in [0.15, 0.2) is 0 Å². The fourth-order valence-corrected chi connectivity index (χ4v) is 2.73. The van der Waals surface area contributed by atoms with E-state index in [9.17, 15) is 9.50 Å². The Morgan fingerprint density at radius 1 is 1.26 bits per heavy atom. The standard InChI is InChI=1S/C14H25BN2O2/c1-10(2)13(16-9-15-19)14(18)17-11(3)12-7-5-4-6-8-12/h9-13H,4-8H2,1-3H3,(H,17,18)/t11-,13+/m0/s1. The van der Waals surface area contributed by atoms with Crippen LogP contribution in [0.5, 0.6) is 0 Å². The Hall–Kier alpha value is -0.995. The number of nitrogens with one attached hydrogen (secondary N) is 1. The average molecular weight is 264 g/mol. The quantitative estimate of drug-likeness (QED) is 0.590. The van der Waals surface area contributed by atoms with E-state index in [2.05, 4.69) is 17.2 Å². The third-order valence-corrected chi connectivity index (χ3v) is 3.93. The van der Waals surface area contributed by atoms with Gasteiger partial charge in [0.1, 0.15) is 0 Å². The van der Waals surface area contributed by atoms with Crippen LogP contribution in [-0.2, 0) is 9.50 Å². The molecule has 1 aliphatic carbocycles. The van der Waals surface area contributed by atoms with Gasteiger partial charge in [0.25, 0.3) is 0 Å². The van der Waals surface area contributed by atoms with Crippen LogP contribution in [0.1, 0.15) is 52.9 Å². The number of hydrogen-bond donors (Lipinski definition) is 1. The summed E-state index contributed by atoms with van der Waals surface area (Å²) in [6.45, 7) is 5.96. The van der Waals surface area contributed by atoms with Crippen molar-refractivity contribution in [1.82, 2.24) is 5.32 Å². The molecule has 1 rings (SSSR count). The van der Waals surface area contributed by atoms with Crippen molar-refractivity contribution >= 4 is 19.2 Å². The summed E-state index contributed by atoms with van der Waals surface area (Å²) in [4.78, 5) is 16.2. The van der Waals surface area contributed by atoms with Crippen LogP contribution >= 0.6 is 0 Å². The van der Waals surface area contributed by atoms with Gasteiger partial charge in [-0.3, -0.25) is 0 Å². The molecule has 1 fully saturated rings. The molecule has 0 aromatic heterocycles. The molecule has 0 unspecified atom stereocenters. The maximum absolute atomic E-state index is 12.2. The number of carbonyl (C=O) groups excluding carboxylic acids is 1. The van der Waals surface area contributed by atoms with Crippen molar-refractivity contribution in [3.05, 3.63) is 0 Å². The van der Waals surface area contributed by atoms with Crippen molar-refractivity contribution in [2.75, 3.05) is 0 Å². The molecule has 0 aromatic rings. The first-order chi connectivity index (χ1) is 9.06. The van der Waals surface area contributed by atoms with Gasteiger partial charge in [0.2, 0.25) is 0 Å². The van der Waals surface area contributed by atoms with E-state index in [1.165, 1.54) is 38.2 Å². The Morgan fingerprint density at radius 2 is 1.89 bits per heavy atom. The van der Waals surface area contributed by atoms with Crippen molar-refractivity contribution in [2.45, 2.75) is 65.0 Å². The molecule has 19 heavy (non-hydrogen) atoms. The minimum atomic E-state index is -0.462. The summed E-state index contributed by atoms with van der Waals surface area (Å²) >= 11 is 0. The SMILES string of the molecule is CC(C)[C@@H](N=CB=O)C(=O)N[C@@H](C)C1CCCCC1. The first kappa shape index (κ1) is 16.1. The molecule has 0 heterocycles. The van der Waals surface area contributed by atoms with Crippen molar-refractivity contribution < 1.29 is 9.50 Å². The maximum atomic E-state index is 12.2. The molecule has 0 aliphatic heterocycles. The average Bonchev–Trinajstić information content (AvgIpc) is 2.39. The number of amides is 1. The molecule has 106 valence electrons. The summed E-state index contributed by atoms with van der Waals surface area (Å²) in [5.41, 5.74) is 0. The molecule has 1 aliphatic rings. The van der Waals surface area contributed by atoms with E-state index in [0.29, 0.717) is 13.1 Å². The number of hydrogen-bond acceptors (Lipinski definition) is 3. The minimum absolute atomic E-state index is 0.0637. The van der Waals surface area contributed by atoms with Crippen molar-refractivity contribution in [2.24, 2.45) is 16.8 Å². The first-order valence-corrected chi connectivity index (χ1v) is 7.33. The van der Waals surface area contributed by atoms with Gasteiger partial charge in [-0.15, -0.1) is 0 Å². The van der Waals surface area contributed by atoms with Gasteiger partial charge >= 0.3 is 116 Å². The monoisotopic (exact) mass is 264 g/mol. The Balaban J connectivity index is 2.54. The van der Waals surface area contributed by atoms with Gasteiger partial charge in [-0.05, 0) is 0 Å². The van der Waals surface area contributed by atoms with Crippen LogP contribution in [0.2, 0.25) is 0 Å². The van der Waals surface area contributed by atoms with Crippen LogP contribution in [0, 0.1) is 11.8 Å². The first-order valence-electron chi connectivity index (χ1n) is 7.33. The summed E-state index contributed by atoms with van der Waals surface area (Å²) in [6.07, 6.45) is 7.42. The molecular weight excluding hydrogens is 239 g/mol. The van der Waals surface area contributed by atoms with E-state index in [1.807, 2.05) is 13.8 Å². The van der Waals surface area contributed by atoms with E-state index in [-0.39, 0.29) is 17.9 Å². The molecule has 0 spiro atoms. The molecule has 1 amide bonds. The predicted octanol–water partition coefficient (Wildman–Crippen LogP) is 2.17. The molecular formula is C14H25BN2O2. The van der Waals surface area contributed by atoms with Crippen LogP contribution in [0.4, 0.5) is 0 Å². The Morgan fingerprint density at radius 3 is 2.42 bits per heavy atom. The third-order valence-electron chi connectivity index (χ3n) is 3.93. The summed E-state index contributed by atoms with van der Waals surface area (Å²) in [5, 5.41) is 3.07. The Bertz CT molecular complexity index is 325. The van der Waals surface area contributed by atoms with E-state index in [1.54, 1.807) is 0 Å². The van der Waals surface area contributed by atoms with Crippen LogP contribution in [-0.4, -0.2) is 31.3 Å². The third kappa shape index (κ3) is 5.25. The van der Waals surface area contributed by atoms with E-state index in [0.717, 1.165) is 0 Å². The van der Waals surface area contributed by atoms with E-state index < -0.39 is 6.04 Å². The van der Waals surface area contributed by atoms with Gasteiger partial charge in [-0.1, -0.05) is 0 Å². The zero-order valence-corrected chi connectivity index (χ0v) is 12.3. The van der Waals surface area contributed by atoms with Crippen molar-refractivity contribution in [1.29, 1.82) is 0 Å². The van der Waals surface area contributed by atoms with Crippen LogP contribution < -0.4 is 5.32 Å². The molecule has 0 aromatic carbocycles. The van der Waals surface area contributed by atoms with Gasteiger partial charge in [0, 0.05) is 0 Å². The van der Waals surface area contributed by atoms with Gasteiger partial charge in [0.05, 0.1) is 0 Å². The fourth-order valence-electron chi connectivity index (χ4n) is 2.73. The number of rotatable bonds is 6. The predicted molar refractivity (Wildman–Crippen MR) is 77.7 cm³/mol. The molecule has 5 heteroatoms. The summed E-state index contributed by atoms with van der Waals surface area (Å²) < 4.78 is 10.3. The summed E-state index contributed by atoms with van der Waals surface area (Å²) in [6, 6.07) is -0.267. The van der Waals surface area contributed by atoms with Crippen LogP contribution in [0.3, 0.4) is 0 Å². The molecule has 0 saturated heterocycles. The van der Waals surface area contributed by atoms with Gasteiger partial charge in [-0.2, -0.15) is 0 Å². The second-order valence-corrected chi connectivity index (χ2v) is 5.82. The van der Waals surface area contributed by atoms with Crippen molar-refractivity contribution in [3.8, 4) is 0 Å². The summed E-state index contributed by atoms with van der Waals surface area (Å²) in [5.74, 6) is 0.612. The molecule has 0 bridgehead atoms. The second kappa shape index (κ2) is 8.23. The second-order valence-electron chi connectivity index (χ2n) is 5.82. The van der Waals surface area contributed by atoms with E-state index >= 15 is 0 Å². The molecule has 0 radical (unpaired) electrons. The zero-order chi connectivity index (χ0) is 14.3. The topological polar surface area (TPSA) is 58.5 Å². The van der Waals surface area contributed by atoms with Gasteiger partial charge < -0.3 is 0 Å². The molecule has 1 saturated carbocycles. The molecule has 4 nitrogen and oxygen atoms in total. The Labute approximate surface area is 116 Å².